The highest BCUT2D eigenvalue weighted by Gasteiger charge is 2.51. The molecule has 0 radical (unpaired) electrons. The Morgan fingerprint density at radius 3 is 2.45 bits per heavy atom. The quantitative estimate of drug-likeness (QED) is 0.490. The number of amides is 1. The molecule has 1 amide bonds. The highest BCUT2D eigenvalue weighted by atomic mass is 35.5. The third-order valence-corrected chi connectivity index (χ3v) is 5.97. The second-order valence-electron chi connectivity index (χ2n) is 7.49. The molecule has 0 spiro atoms. The Morgan fingerprint density at radius 2 is 1.68 bits per heavy atom. The van der Waals surface area contributed by atoms with Crippen molar-refractivity contribution in [1.82, 2.24) is 4.98 Å². The average molecular weight is 431 g/mol. The minimum atomic E-state index is -1.75. The molecule has 1 aromatic heterocycles. The van der Waals surface area contributed by atoms with Crippen LogP contribution >= 0.6 is 11.6 Å². The number of halogens is 1. The van der Waals surface area contributed by atoms with Crippen LogP contribution in [0.25, 0.3) is 11.5 Å². The predicted octanol–water partition coefficient (Wildman–Crippen LogP) is 5.09. The van der Waals surface area contributed by atoms with E-state index in [1.807, 2.05) is 54.6 Å². The molecule has 1 N–H and O–H groups in total. The van der Waals surface area contributed by atoms with Crippen molar-refractivity contribution in [1.29, 1.82) is 0 Å². The Bertz CT molecular complexity index is 1280. The first-order valence-electron chi connectivity index (χ1n) is 9.90. The van der Waals surface area contributed by atoms with Gasteiger partial charge in [0.2, 0.25) is 5.89 Å². The number of benzene rings is 3. The van der Waals surface area contributed by atoms with Crippen LogP contribution in [0.4, 0.5) is 5.69 Å². The van der Waals surface area contributed by atoms with E-state index in [4.69, 9.17) is 16.0 Å². The van der Waals surface area contributed by atoms with Gasteiger partial charge >= 0.3 is 0 Å². The van der Waals surface area contributed by atoms with Gasteiger partial charge in [-0.05, 0) is 30.7 Å². The summed E-state index contributed by atoms with van der Waals surface area (Å²) in [6.45, 7) is 1.98. The number of aromatic nitrogens is 1. The minimum absolute atomic E-state index is 0.171. The van der Waals surface area contributed by atoms with Crippen molar-refractivity contribution in [3.8, 4) is 11.5 Å². The van der Waals surface area contributed by atoms with Gasteiger partial charge in [0.15, 0.2) is 5.60 Å². The first-order valence-corrected chi connectivity index (χ1v) is 10.3. The lowest BCUT2D eigenvalue weighted by Crippen LogP contribution is -2.41. The standard InChI is InChI=1S/C25H19ClN2O3/c1-16-21(27-23(31-16)18-11-5-7-13-20(18)26)15-28-22-14-8-6-12-19(22)25(30,24(28)29)17-9-3-2-4-10-17/h2-14,30H,15H2,1H3/t25-/m1/s1. The Morgan fingerprint density at radius 1 is 1.00 bits per heavy atom. The number of para-hydroxylation sites is 1. The fourth-order valence-electron chi connectivity index (χ4n) is 4.02. The Labute approximate surface area is 184 Å². The third kappa shape index (κ3) is 3.05. The number of carbonyl (C=O) groups excluding carboxylic acids is 1. The van der Waals surface area contributed by atoms with Gasteiger partial charge < -0.3 is 14.4 Å². The van der Waals surface area contributed by atoms with Crippen LogP contribution in [-0.4, -0.2) is 16.0 Å². The zero-order valence-corrected chi connectivity index (χ0v) is 17.5. The Balaban J connectivity index is 1.55. The number of hydrogen-bond donors (Lipinski definition) is 1. The molecule has 1 atom stereocenters. The minimum Gasteiger partial charge on any atom is -0.441 e. The number of carbonyl (C=O) groups is 1. The lowest BCUT2D eigenvalue weighted by Gasteiger charge is -2.23. The number of rotatable bonds is 4. The molecule has 0 saturated heterocycles. The molecule has 2 heterocycles. The molecule has 5 rings (SSSR count). The van der Waals surface area contributed by atoms with Crippen LogP contribution in [0.5, 0.6) is 0 Å². The van der Waals surface area contributed by atoms with Gasteiger partial charge in [0.05, 0.1) is 22.8 Å². The third-order valence-electron chi connectivity index (χ3n) is 5.64. The normalized spacial score (nSPS) is 17.8. The molecule has 6 heteroatoms. The van der Waals surface area contributed by atoms with Crippen molar-refractivity contribution < 1.29 is 14.3 Å². The number of hydrogen-bond acceptors (Lipinski definition) is 4. The summed E-state index contributed by atoms with van der Waals surface area (Å²) in [5.41, 5.74) is 1.28. The molecule has 0 aliphatic carbocycles. The molecule has 154 valence electrons. The molecule has 4 aromatic rings. The molecule has 0 fully saturated rings. The van der Waals surface area contributed by atoms with Crippen molar-refractivity contribution in [3.63, 3.8) is 0 Å². The van der Waals surface area contributed by atoms with Gasteiger partial charge in [-0.15, -0.1) is 0 Å². The zero-order valence-electron chi connectivity index (χ0n) is 16.7. The van der Waals surface area contributed by atoms with Crippen molar-refractivity contribution in [2.45, 2.75) is 19.1 Å². The topological polar surface area (TPSA) is 66.6 Å². The van der Waals surface area contributed by atoms with Crippen LogP contribution in [-0.2, 0) is 16.9 Å². The maximum absolute atomic E-state index is 13.5. The van der Waals surface area contributed by atoms with Crippen LogP contribution in [0.15, 0.2) is 83.3 Å². The summed E-state index contributed by atoms with van der Waals surface area (Å²) in [5.74, 6) is 0.577. The van der Waals surface area contributed by atoms with Gasteiger partial charge in [0, 0.05) is 5.56 Å². The predicted molar refractivity (Wildman–Crippen MR) is 119 cm³/mol. The van der Waals surface area contributed by atoms with Crippen molar-refractivity contribution in [2.75, 3.05) is 4.90 Å². The molecule has 3 aromatic carbocycles. The lowest BCUT2D eigenvalue weighted by atomic mass is 9.88. The highest BCUT2D eigenvalue weighted by Crippen LogP contribution is 2.45. The fraction of sp³-hybridized carbons (Fsp3) is 0.120. The first kappa shape index (κ1) is 19.5. The first-order chi connectivity index (χ1) is 15.0. The number of oxazole rings is 1. The van der Waals surface area contributed by atoms with Crippen LogP contribution < -0.4 is 4.90 Å². The maximum Gasteiger partial charge on any atom is 0.268 e. The van der Waals surface area contributed by atoms with Crippen LogP contribution in [0.3, 0.4) is 0 Å². The smallest absolute Gasteiger partial charge is 0.268 e. The Hall–Kier alpha value is -3.41. The second kappa shape index (κ2) is 7.38. The SMILES string of the molecule is Cc1oc(-c2ccccc2Cl)nc1CN1C(=O)[C@@](O)(c2ccccc2)c2ccccc21. The van der Waals surface area contributed by atoms with Gasteiger partial charge in [0.1, 0.15) is 11.5 Å². The van der Waals surface area contributed by atoms with Crippen LogP contribution in [0, 0.1) is 6.92 Å². The van der Waals surface area contributed by atoms with E-state index in [0.29, 0.717) is 44.7 Å². The molecule has 0 saturated carbocycles. The van der Waals surface area contributed by atoms with E-state index in [9.17, 15) is 9.90 Å². The summed E-state index contributed by atoms with van der Waals surface area (Å²) in [6, 6.07) is 23.6. The van der Waals surface area contributed by atoms with Gasteiger partial charge in [0.25, 0.3) is 5.91 Å². The summed E-state index contributed by atoms with van der Waals surface area (Å²) in [5, 5.41) is 12.1. The number of anilines is 1. The van der Waals surface area contributed by atoms with E-state index in [1.54, 1.807) is 36.1 Å². The number of fused-ring (bicyclic) bond motifs is 1. The molecule has 0 unspecified atom stereocenters. The average Bonchev–Trinajstić information content (AvgIpc) is 3.26. The van der Waals surface area contributed by atoms with E-state index in [-0.39, 0.29) is 6.54 Å². The van der Waals surface area contributed by atoms with E-state index in [2.05, 4.69) is 4.98 Å². The summed E-state index contributed by atoms with van der Waals surface area (Å²) in [7, 11) is 0. The molecular formula is C25H19ClN2O3. The summed E-state index contributed by atoms with van der Waals surface area (Å²) >= 11 is 6.29. The van der Waals surface area contributed by atoms with Crippen LogP contribution in [0.1, 0.15) is 22.6 Å². The van der Waals surface area contributed by atoms with Crippen molar-refractivity contribution in [3.05, 3.63) is 106 Å². The molecule has 1 aliphatic heterocycles. The lowest BCUT2D eigenvalue weighted by molar-refractivity contribution is -0.132. The maximum atomic E-state index is 13.5. The van der Waals surface area contributed by atoms with Crippen LogP contribution in [0.2, 0.25) is 5.02 Å². The fourth-order valence-corrected chi connectivity index (χ4v) is 4.24. The van der Waals surface area contributed by atoms with E-state index in [1.165, 1.54) is 0 Å². The largest absolute Gasteiger partial charge is 0.441 e. The number of aliphatic hydroxyl groups is 1. The van der Waals surface area contributed by atoms with Gasteiger partial charge in [-0.25, -0.2) is 4.98 Å². The second-order valence-corrected chi connectivity index (χ2v) is 7.89. The molecular weight excluding hydrogens is 412 g/mol. The van der Waals surface area contributed by atoms with Gasteiger partial charge in [-0.3, -0.25) is 4.79 Å². The van der Waals surface area contributed by atoms with E-state index < -0.39 is 11.5 Å². The Kier molecular flexibility index (Phi) is 4.65. The summed E-state index contributed by atoms with van der Waals surface area (Å²) in [6.07, 6.45) is 0. The molecule has 5 nitrogen and oxygen atoms in total. The zero-order chi connectivity index (χ0) is 21.6. The summed E-state index contributed by atoms with van der Waals surface area (Å²) in [4.78, 5) is 19.7. The number of aryl methyl sites for hydroxylation is 1. The molecule has 0 bridgehead atoms. The monoisotopic (exact) mass is 430 g/mol. The van der Waals surface area contributed by atoms with Crippen molar-refractivity contribution in [2.24, 2.45) is 0 Å². The number of nitrogens with zero attached hydrogens (tertiary/aromatic N) is 2. The van der Waals surface area contributed by atoms with E-state index >= 15 is 0 Å². The van der Waals surface area contributed by atoms with E-state index in [0.717, 1.165) is 0 Å². The van der Waals surface area contributed by atoms with Gasteiger partial charge in [-0.2, -0.15) is 0 Å². The summed E-state index contributed by atoms with van der Waals surface area (Å²) < 4.78 is 5.86. The van der Waals surface area contributed by atoms with Gasteiger partial charge in [-0.1, -0.05) is 72.3 Å². The molecule has 31 heavy (non-hydrogen) atoms. The highest BCUT2D eigenvalue weighted by molar-refractivity contribution is 6.33. The van der Waals surface area contributed by atoms with Crippen molar-refractivity contribution >= 4 is 23.2 Å². The molecule has 1 aliphatic rings.